The van der Waals surface area contributed by atoms with Crippen molar-refractivity contribution in [2.24, 2.45) is 0 Å². The summed E-state index contributed by atoms with van der Waals surface area (Å²) in [5.74, 6) is 0.364. The number of anilines is 1. The fourth-order valence-corrected chi connectivity index (χ4v) is 3.13. The normalized spacial score (nSPS) is 20.6. The van der Waals surface area contributed by atoms with Gasteiger partial charge in [0.25, 0.3) is 0 Å². The van der Waals surface area contributed by atoms with Crippen LogP contribution in [0.2, 0.25) is 0 Å². The Morgan fingerprint density at radius 2 is 2.15 bits per heavy atom. The van der Waals surface area contributed by atoms with E-state index in [4.69, 9.17) is 4.74 Å². The number of hydrogen-bond acceptors (Lipinski definition) is 6. The Kier molecular flexibility index (Phi) is 5.17. The fraction of sp³-hybridized carbons (Fsp3) is 0.579. The quantitative estimate of drug-likeness (QED) is 0.885. The van der Waals surface area contributed by atoms with E-state index in [9.17, 15) is 4.79 Å². The minimum absolute atomic E-state index is 0.00849. The van der Waals surface area contributed by atoms with Crippen LogP contribution in [-0.2, 0) is 4.74 Å². The average molecular weight is 375 g/mol. The first-order valence-electron chi connectivity index (χ1n) is 9.13. The Morgan fingerprint density at radius 3 is 2.89 bits per heavy atom. The summed E-state index contributed by atoms with van der Waals surface area (Å²) in [7, 11) is 0. The summed E-state index contributed by atoms with van der Waals surface area (Å²) in [5.41, 5.74) is -0.436. The van der Waals surface area contributed by atoms with Crippen molar-refractivity contribution < 1.29 is 13.9 Å². The van der Waals surface area contributed by atoms with Crippen LogP contribution in [0.5, 0.6) is 0 Å². The van der Waals surface area contributed by atoms with E-state index >= 15 is 4.39 Å². The molecule has 1 saturated heterocycles. The molecule has 8 heteroatoms. The third-order valence-corrected chi connectivity index (χ3v) is 4.41. The molecule has 1 fully saturated rings. The molecule has 1 aliphatic heterocycles. The van der Waals surface area contributed by atoms with E-state index in [1.807, 2.05) is 6.92 Å². The Hall–Kier alpha value is -2.51. The number of likely N-dealkylation sites (tertiary alicyclic amines) is 1. The van der Waals surface area contributed by atoms with Crippen molar-refractivity contribution in [3.05, 3.63) is 24.2 Å². The number of piperidine rings is 1. The number of nitrogens with zero attached hydrogens (tertiary/aromatic N) is 4. The minimum Gasteiger partial charge on any atom is -0.444 e. The van der Waals surface area contributed by atoms with Gasteiger partial charge in [0.15, 0.2) is 0 Å². The van der Waals surface area contributed by atoms with Crippen molar-refractivity contribution in [3.63, 3.8) is 0 Å². The fourth-order valence-electron chi connectivity index (χ4n) is 3.13. The molecule has 27 heavy (non-hydrogen) atoms. The molecule has 2 aromatic heterocycles. The molecule has 0 radical (unpaired) electrons. The SMILES string of the molecule is Cc1cncc2cnc(NCC3(F)CCCN(C(=O)OC(C)(C)C)C3)nc12. The molecule has 3 rings (SSSR count). The van der Waals surface area contributed by atoms with E-state index in [0.717, 1.165) is 16.5 Å². The Labute approximate surface area is 158 Å². The van der Waals surface area contributed by atoms with E-state index in [0.29, 0.717) is 25.3 Å². The molecule has 0 aliphatic carbocycles. The number of aromatic nitrogens is 3. The number of carbonyl (C=O) groups excluding carboxylic acids is 1. The predicted octanol–water partition coefficient (Wildman–Crippen LogP) is 3.48. The lowest BCUT2D eigenvalue weighted by Crippen LogP contribution is -2.52. The van der Waals surface area contributed by atoms with Gasteiger partial charge in [0.2, 0.25) is 5.95 Å². The second-order valence-electron chi connectivity index (χ2n) is 8.10. The highest BCUT2D eigenvalue weighted by atomic mass is 19.1. The molecule has 146 valence electrons. The molecule has 1 unspecified atom stereocenters. The van der Waals surface area contributed by atoms with Gasteiger partial charge in [-0.2, -0.15) is 0 Å². The number of aryl methyl sites for hydroxylation is 1. The number of fused-ring (bicyclic) bond motifs is 1. The van der Waals surface area contributed by atoms with E-state index in [-0.39, 0.29) is 13.1 Å². The van der Waals surface area contributed by atoms with Gasteiger partial charge in [-0.25, -0.2) is 19.2 Å². The van der Waals surface area contributed by atoms with Crippen LogP contribution < -0.4 is 5.32 Å². The zero-order valence-corrected chi connectivity index (χ0v) is 16.3. The van der Waals surface area contributed by atoms with Gasteiger partial charge in [0, 0.05) is 30.5 Å². The Morgan fingerprint density at radius 1 is 1.37 bits per heavy atom. The summed E-state index contributed by atoms with van der Waals surface area (Å²) < 4.78 is 20.7. The van der Waals surface area contributed by atoms with Crippen molar-refractivity contribution in [2.45, 2.75) is 51.8 Å². The number of halogens is 1. The summed E-state index contributed by atoms with van der Waals surface area (Å²) in [5, 5.41) is 3.82. The van der Waals surface area contributed by atoms with Crippen LogP contribution in [0.4, 0.5) is 15.1 Å². The van der Waals surface area contributed by atoms with Crippen LogP contribution in [0.15, 0.2) is 18.6 Å². The molecule has 1 atom stereocenters. The monoisotopic (exact) mass is 375 g/mol. The molecule has 1 N–H and O–H groups in total. The molecule has 7 nitrogen and oxygen atoms in total. The largest absolute Gasteiger partial charge is 0.444 e. The predicted molar refractivity (Wildman–Crippen MR) is 101 cm³/mol. The van der Waals surface area contributed by atoms with Gasteiger partial charge in [0.05, 0.1) is 18.6 Å². The Balaban J connectivity index is 1.66. The number of amides is 1. The first-order chi connectivity index (χ1) is 12.7. The number of ether oxygens (including phenoxy) is 1. The maximum Gasteiger partial charge on any atom is 0.410 e. The number of carbonyl (C=O) groups is 1. The van der Waals surface area contributed by atoms with Crippen molar-refractivity contribution in [1.29, 1.82) is 0 Å². The van der Waals surface area contributed by atoms with Crippen LogP contribution in [-0.4, -0.2) is 56.8 Å². The molecule has 2 aromatic rings. The molecule has 0 bridgehead atoms. The van der Waals surface area contributed by atoms with E-state index in [1.165, 1.54) is 4.90 Å². The topological polar surface area (TPSA) is 80.2 Å². The number of nitrogens with one attached hydrogen (secondary N) is 1. The van der Waals surface area contributed by atoms with Gasteiger partial charge in [0.1, 0.15) is 11.3 Å². The van der Waals surface area contributed by atoms with Gasteiger partial charge in [-0.15, -0.1) is 0 Å². The Bertz CT molecular complexity index is 838. The summed E-state index contributed by atoms with van der Waals surface area (Å²) in [6.07, 6.45) is 5.58. The summed E-state index contributed by atoms with van der Waals surface area (Å²) >= 11 is 0. The highest BCUT2D eigenvalue weighted by Crippen LogP contribution is 2.27. The molecule has 0 aromatic carbocycles. The lowest BCUT2D eigenvalue weighted by molar-refractivity contribution is -0.00211. The summed E-state index contributed by atoms with van der Waals surface area (Å²) in [6.45, 7) is 7.84. The number of rotatable bonds is 3. The molecular weight excluding hydrogens is 349 g/mol. The van der Waals surface area contributed by atoms with Crippen LogP contribution in [0.1, 0.15) is 39.2 Å². The van der Waals surface area contributed by atoms with Gasteiger partial charge >= 0.3 is 6.09 Å². The number of pyridine rings is 1. The highest BCUT2D eigenvalue weighted by Gasteiger charge is 2.38. The van der Waals surface area contributed by atoms with Crippen molar-refractivity contribution >= 4 is 22.9 Å². The lowest BCUT2D eigenvalue weighted by Gasteiger charge is -2.38. The molecule has 0 saturated carbocycles. The zero-order chi connectivity index (χ0) is 19.7. The molecule has 1 amide bonds. The maximum absolute atomic E-state index is 15.3. The minimum atomic E-state index is -1.55. The van der Waals surface area contributed by atoms with E-state index in [1.54, 1.807) is 39.4 Å². The van der Waals surface area contributed by atoms with Crippen LogP contribution in [0, 0.1) is 6.92 Å². The summed E-state index contributed by atoms with van der Waals surface area (Å²) in [4.78, 5) is 26.5. The molecule has 0 spiro atoms. The molecule has 3 heterocycles. The third-order valence-electron chi connectivity index (χ3n) is 4.41. The van der Waals surface area contributed by atoms with Crippen molar-refractivity contribution in [1.82, 2.24) is 19.9 Å². The molecule has 1 aliphatic rings. The summed E-state index contributed by atoms with van der Waals surface area (Å²) in [6, 6.07) is 0. The van der Waals surface area contributed by atoms with Gasteiger partial charge in [-0.3, -0.25) is 4.98 Å². The zero-order valence-electron chi connectivity index (χ0n) is 16.3. The van der Waals surface area contributed by atoms with Gasteiger partial charge < -0.3 is 15.0 Å². The highest BCUT2D eigenvalue weighted by molar-refractivity contribution is 5.80. The molecular formula is C19H26FN5O2. The first-order valence-corrected chi connectivity index (χ1v) is 9.13. The van der Waals surface area contributed by atoms with Crippen molar-refractivity contribution in [3.8, 4) is 0 Å². The van der Waals surface area contributed by atoms with E-state index in [2.05, 4.69) is 20.3 Å². The van der Waals surface area contributed by atoms with Crippen LogP contribution in [0.3, 0.4) is 0 Å². The van der Waals surface area contributed by atoms with Crippen LogP contribution in [0.25, 0.3) is 10.9 Å². The van der Waals surface area contributed by atoms with Gasteiger partial charge in [-0.05, 0) is 46.1 Å². The number of hydrogen-bond donors (Lipinski definition) is 1. The standard InChI is InChI=1S/C19H26FN5O2/c1-13-8-21-9-14-10-22-16(24-15(13)14)23-11-19(20)6-5-7-25(12-19)17(26)27-18(2,3)4/h8-10H,5-7,11-12H2,1-4H3,(H,22,23,24). The number of alkyl halides is 1. The second kappa shape index (κ2) is 7.25. The van der Waals surface area contributed by atoms with Gasteiger partial charge in [-0.1, -0.05) is 0 Å². The van der Waals surface area contributed by atoms with E-state index < -0.39 is 17.4 Å². The van der Waals surface area contributed by atoms with Crippen LogP contribution >= 0.6 is 0 Å². The average Bonchev–Trinajstić information content (AvgIpc) is 2.59. The first kappa shape index (κ1) is 19.3. The third kappa shape index (κ3) is 4.81. The smallest absolute Gasteiger partial charge is 0.410 e. The van der Waals surface area contributed by atoms with Crippen molar-refractivity contribution in [2.75, 3.05) is 25.0 Å². The maximum atomic E-state index is 15.3. The lowest BCUT2D eigenvalue weighted by atomic mass is 9.95. The second-order valence-corrected chi connectivity index (χ2v) is 8.10.